The number of anilines is 6. The Labute approximate surface area is 358 Å². The zero-order chi connectivity index (χ0) is 42.3. The van der Waals surface area contributed by atoms with Gasteiger partial charge in [-0.25, -0.2) is 0 Å². The van der Waals surface area contributed by atoms with Crippen LogP contribution in [0, 0.1) is 13.8 Å². The first-order valence-corrected chi connectivity index (χ1v) is 22.1. The minimum atomic E-state index is -0.0985. The van der Waals surface area contributed by atoms with E-state index < -0.39 is 0 Å². The van der Waals surface area contributed by atoms with E-state index in [4.69, 9.17) is 4.42 Å². The zero-order valence-corrected chi connectivity index (χ0v) is 37.8. The molecule has 3 heterocycles. The SMILES string of the molecule is Cc1cc2c3c(c1)N(c1ccc(C(C)(C)C)cc1)c1c(oc4cc5c(cc14)C(C)(C)CCC5(C)C)B3c1cc(C(C)(C)C)ccc1N2c1ccc(-c2ccccc2)cc1C. The van der Waals surface area contributed by atoms with E-state index in [0.717, 1.165) is 29.8 Å². The molecule has 302 valence electrons. The quantitative estimate of drug-likeness (QED) is 0.166. The summed E-state index contributed by atoms with van der Waals surface area (Å²) in [4.78, 5) is 5.10. The van der Waals surface area contributed by atoms with Gasteiger partial charge >= 0.3 is 0 Å². The van der Waals surface area contributed by atoms with E-state index in [1.54, 1.807) is 0 Å². The second-order valence-electron chi connectivity index (χ2n) is 21.5. The summed E-state index contributed by atoms with van der Waals surface area (Å²) in [6.45, 7) is 28.0. The number of aryl methyl sites for hydroxylation is 2. The molecule has 10 rings (SSSR count). The fourth-order valence-electron chi connectivity index (χ4n) is 10.5. The van der Waals surface area contributed by atoms with Crippen LogP contribution in [0.25, 0.3) is 22.1 Å². The van der Waals surface area contributed by atoms with Crippen LogP contribution in [0.1, 0.15) is 115 Å². The molecule has 7 aromatic rings. The predicted molar refractivity (Wildman–Crippen MR) is 258 cm³/mol. The van der Waals surface area contributed by atoms with Crippen molar-refractivity contribution in [3.8, 4) is 11.1 Å². The molecule has 0 fully saturated rings. The Morgan fingerprint density at radius 3 is 1.80 bits per heavy atom. The maximum absolute atomic E-state index is 7.48. The van der Waals surface area contributed by atoms with Crippen LogP contribution in [0.5, 0.6) is 0 Å². The van der Waals surface area contributed by atoms with E-state index in [2.05, 4.69) is 208 Å². The van der Waals surface area contributed by atoms with E-state index >= 15 is 0 Å². The standard InChI is InChI=1S/C56H59BN2O/c1-34-28-47-50-48(29-34)59(45-24-18-37(30-35(45)2)36-16-14-13-15-17-36)46-25-21-39(54(6,7)8)31-44(46)57(50)52-51(58(47)40-22-19-38(20-23-40)53(3,4)5)41-32-42-43(33-49(41)60-52)56(11,12)27-26-55(42,9)10/h13-25,28-33H,26-27H2,1-12H3. The molecule has 1 aromatic heterocycles. The topological polar surface area (TPSA) is 19.6 Å². The van der Waals surface area contributed by atoms with E-state index in [-0.39, 0.29) is 28.4 Å². The summed E-state index contributed by atoms with van der Waals surface area (Å²) in [6.07, 6.45) is 2.32. The molecule has 0 atom stereocenters. The first kappa shape index (κ1) is 38.7. The lowest BCUT2D eigenvalue weighted by atomic mass is 9.35. The molecule has 0 radical (unpaired) electrons. The molecule has 0 saturated carbocycles. The molecule has 2 aliphatic heterocycles. The number of hydrogen-bond acceptors (Lipinski definition) is 3. The molecule has 3 nitrogen and oxygen atoms in total. The lowest BCUT2D eigenvalue weighted by Gasteiger charge is -2.43. The molecule has 0 bridgehead atoms. The summed E-state index contributed by atoms with van der Waals surface area (Å²) in [5, 5.41) is 1.20. The molecule has 1 aliphatic carbocycles. The fraction of sp³-hybridized carbons (Fsp3) is 0.321. The summed E-state index contributed by atoms with van der Waals surface area (Å²) in [7, 11) is 0. The number of fused-ring (bicyclic) bond motifs is 7. The molecule has 6 aromatic carbocycles. The van der Waals surface area contributed by atoms with Gasteiger partial charge in [-0.3, -0.25) is 0 Å². The van der Waals surface area contributed by atoms with Crippen LogP contribution in [-0.4, -0.2) is 6.71 Å². The fourth-order valence-corrected chi connectivity index (χ4v) is 10.5. The van der Waals surface area contributed by atoms with Crippen LogP contribution in [-0.2, 0) is 21.7 Å². The van der Waals surface area contributed by atoms with Crippen molar-refractivity contribution in [2.45, 2.75) is 118 Å². The summed E-state index contributed by atoms with van der Waals surface area (Å²) < 4.78 is 7.48. The maximum atomic E-state index is 7.48. The Morgan fingerprint density at radius 1 is 0.567 bits per heavy atom. The third-order valence-electron chi connectivity index (χ3n) is 14.2. The zero-order valence-electron chi connectivity index (χ0n) is 37.8. The van der Waals surface area contributed by atoms with Gasteiger partial charge in [0.1, 0.15) is 5.58 Å². The Hall–Kier alpha value is -5.48. The highest BCUT2D eigenvalue weighted by atomic mass is 16.3. The van der Waals surface area contributed by atoms with Gasteiger partial charge in [-0.15, -0.1) is 0 Å². The van der Waals surface area contributed by atoms with Crippen LogP contribution in [0.4, 0.5) is 34.1 Å². The molecule has 60 heavy (non-hydrogen) atoms. The first-order valence-electron chi connectivity index (χ1n) is 22.1. The van der Waals surface area contributed by atoms with Crippen molar-refractivity contribution >= 4 is 68.4 Å². The van der Waals surface area contributed by atoms with Gasteiger partial charge in [-0.2, -0.15) is 0 Å². The lowest BCUT2D eigenvalue weighted by molar-refractivity contribution is 0.332. The molecule has 0 spiro atoms. The van der Waals surface area contributed by atoms with Gasteiger partial charge in [0, 0.05) is 33.8 Å². The van der Waals surface area contributed by atoms with Gasteiger partial charge < -0.3 is 14.2 Å². The van der Waals surface area contributed by atoms with Crippen molar-refractivity contribution in [2.75, 3.05) is 9.80 Å². The second-order valence-corrected chi connectivity index (χ2v) is 21.5. The smallest absolute Gasteiger partial charge is 0.297 e. The largest absolute Gasteiger partial charge is 0.468 e. The molecular weight excluding hydrogens is 727 g/mol. The van der Waals surface area contributed by atoms with Crippen molar-refractivity contribution in [1.29, 1.82) is 0 Å². The van der Waals surface area contributed by atoms with Crippen LogP contribution in [0.15, 0.2) is 120 Å². The Balaban J connectivity index is 1.30. The normalized spacial score (nSPS) is 16.4. The highest BCUT2D eigenvalue weighted by Crippen LogP contribution is 2.52. The number of furan rings is 1. The molecule has 4 heteroatoms. The third kappa shape index (κ3) is 5.92. The van der Waals surface area contributed by atoms with Gasteiger partial charge in [0.05, 0.1) is 11.3 Å². The summed E-state index contributed by atoms with van der Waals surface area (Å²) in [5.74, 6) is 0. The van der Waals surface area contributed by atoms with Crippen molar-refractivity contribution in [2.24, 2.45) is 0 Å². The van der Waals surface area contributed by atoms with Gasteiger partial charge in [-0.05, 0) is 158 Å². The number of hydrogen-bond donors (Lipinski definition) is 0. The lowest BCUT2D eigenvalue weighted by Crippen LogP contribution is -2.61. The highest BCUT2D eigenvalue weighted by molar-refractivity contribution is 7.00. The molecule has 0 N–H and O–H groups in total. The minimum Gasteiger partial charge on any atom is -0.468 e. The first-order chi connectivity index (χ1) is 28.3. The summed E-state index contributed by atoms with van der Waals surface area (Å²) in [5.41, 5.74) is 22.4. The summed E-state index contributed by atoms with van der Waals surface area (Å²) >= 11 is 0. The molecule has 0 unspecified atom stereocenters. The van der Waals surface area contributed by atoms with Crippen molar-refractivity contribution in [3.05, 3.63) is 149 Å². The molecular formula is C56H59BN2O. The Bertz CT molecular complexity index is 2860. The van der Waals surface area contributed by atoms with Gasteiger partial charge in [0.2, 0.25) is 0 Å². The monoisotopic (exact) mass is 786 g/mol. The third-order valence-corrected chi connectivity index (χ3v) is 14.2. The van der Waals surface area contributed by atoms with E-state index in [0.29, 0.717) is 0 Å². The number of benzene rings is 6. The van der Waals surface area contributed by atoms with Gasteiger partial charge in [-0.1, -0.05) is 130 Å². The minimum absolute atomic E-state index is 0.0358. The average molecular weight is 787 g/mol. The molecule has 0 saturated heterocycles. The van der Waals surface area contributed by atoms with E-state index in [9.17, 15) is 0 Å². The van der Waals surface area contributed by atoms with Gasteiger partial charge in [0.15, 0.2) is 0 Å². The molecule has 0 amide bonds. The average Bonchev–Trinajstić information content (AvgIpc) is 3.57. The van der Waals surface area contributed by atoms with E-state index in [1.165, 1.54) is 89.3 Å². The Morgan fingerprint density at radius 2 is 1.17 bits per heavy atom. The second kappa shape index (κ2) is 13.0. The number of rotatable bonds is 3. The summed E-state index contributed by atoms with van der Waals surface area (Å²) in [6, 6.07) is 44.0. The predicted octanol–water partition coefficient (Wildman–Crippen LogP) is 13.7. The molecule has 3 aliphatic rings. The van der Waals surface area contributed by atoms with Crippen molar-refractivity contribution < 1.29 is 4.42 Å². The maximum Gasteiger partial charge on any atom is 0.297 e. The van der Waals surface area contributed by atoms with Crippen LogP contribution in [0.3, 0.4) is 0 Å². The highest BCUT2D eigenvalue weighted by Gasteiger charge is 2.48. The van der Waals surface area contributed by atoms with Crippen molar-refractivity contribution in [3.63, 3.8) is 0 Å². The van der Waals surface area contributed by atoms with Crippen molar-refractivity contribution in [1.82, 2.24) is 0 Å². The van der Waals surface area contributed by atoms with Gasteiger partial charge in [0.25, 0.3) is 6.71 Å². The number of nitrogens with zero attached hydrogens (tertiary/aromatic N) is 2. The van der Waals surface area contributed by atoms with Crippen LogP contribution >= 0.6 is 0 Å². The van der Waals surface area contributed by atoms with E-state index in [1.807, 2.05) is 0 Å². The van der Waals surface area contributed by atoms with Crippen LogP contribution < -0.4 is 26.4 Å². The van der Waals surface area contributed by atoms with Crippen LogP contribution in [0.2, 0.25) is 0 Å². The Kier molecular flexibility index (Phi) is 8.40.